The Hall–Kier alpha value is 8.87. The molecular weight excluding hydrogens is 1990 g/mol. The molecule has 191 valence electrons. The van der Waals surface area contributed by atoms with Gasteiger partial charge in [-0.25, -0.2) is 0 Å². The van der Waals surface area contributed by atoms with Crippen LogP contribution in [0.4, 0.5) is 0 Å². The van der Waals surface area contributed by atoms with E-state index < -0.39 is 74.6 Å². The number of aliphatic hydroxyl groups excluding tert-OH is 7. The van der Waals surface area contributed by atoms with E-state index in [1.54, 1.807) is 12.1 Å². The van der Waals surface area contributed by atoms with Crippen LogP contribution in [0, 0.1) is 308 Å². The molecule has 2 aliphatic rings. The Morgan fingerprint density at radius 1 is 0.595 bits per heavy atom. The zero-order valence-electron chi connectivity index (χ0n) is 20.1. The van der Waals surface area contributed by atoms with Gasteiger partial charge in [0.2, 0.25) is 0 Å². The van der Waals surface area contributed by atoms with Crippen molar-refractivity contribution in [3.63, 3.8) is 0 Å². The third-order valence-electron chi connectivity index (χ3n) is 5.22. The van der Waals surface area contributed by atoms with E-state index in [9.17, 15) is 35.7 Å². The Bertz CT molecular complexity index is 669. The summed E-state index contributed by atoms with van der Waals surface area (Å²) >= 11 is 0. The number of ether oxygens (including phenoxy) is 4. The van der Waals surface area contributed by atoms with Crippen LogP contribution < -0.4 is 0 Å². The van der Waals surface area contributed by atoms with E-state index in [4.69, 9.17) is 18.9 Å². The molecule has 0 amide bonds. The maximum absolute atomic E-state index is 10.5. The maximum Gasteiger partial charge on any atom is 0.187 e. The minimum absolute atomic E-state index is 0. The second-order valence-electron chi connectivity index (χ2n) is 7.30. The normalized spacial score (nSPS) is 34.2. The standard InChI is InChI=1S/C19H28O11.7Ac/c20-6-10-12(22)13(23)15(25)19(28-10)30-17-11(7-21)29-18(16(26)14(17)24)27-8-9-4-2-1-3-5-9;;;;;;;/h1-5,10-26H,6-8H2;;;;;;;. The van der Waals surface area contributed by atoms with Gasteiger partial charge in [0, 0.05) is 308 Å². The first-order chi connectivity index (χ1) is 14.4. The zero-order valence-corrected chi connectivity index (χ0v) is 53.3. The maximum atomic E-state index is 10.5. The predicted octanol–water partition coefficient (Wildman–Crippen LogP) is -3.17. The van der Waals surface area contributed by atoms with Crippen molar-refractivity contribution >= 4 is 0 Å². The fraction of sp³-hybridized carbons (Fsp3) is 0.684. The van der Waals surface area contributed by atoms with Crippen molar-refractivity contribution in [1.82, 2.24) is 0 Å². The molecule has 2 aliphatic heterocycles. The molecule has 0 spiro atoms. The minimum Gasteiger partial charge on any atom is -0.394 e. The Morgan fingerprint density at radius 3 is 1.59 bits per heavy atom. The molecule has 0 bridgehead atoms. The quantitative estimate of drug-likeness (QED) is 0.147. The minimum atomic E-state index is -1.71. The monoisotopic (exact) mass is 2020 g/mol. The fourth-order valence-electron chi connectivity index (χ4n) is 3.45. The van der Waals surface area contributed by atoms with Gasteiger partial charge >= 0.3 is 0 Å². The molecule has 11 nitrogen and oxygen atoms in total. The summed E-state index contributed by atoms with van der Waals surface area (Å²) in [4.78, 5) is 0. The topological polar surface area (TPSA) is 179 Å². The molecule has 7 N–H and O–H groups in total. The van der Waals surface area contributed by atoms with Crippen LogP contribution in [0.5, 0.6) is 0 Å². The second kappa shape index (κ2) is 29.8. The van der Waals surface area contributed by atoms with Crippen molar-refractivity contribution in [3.05, 3.63) is 35.9 Å². The first-order valence-corrected chi connectivity index (χ1v) is 9.61. The van der Waals surface area contributed by atoms with Crippen molar-refractivity contribution < 1.29 is 363 Å². The molecular formula is C19H28Ac7O11. The second-order valence-corrected chi connectivity index (χ2v) is 7.30. The molecule has 1 aromatic rings. The van der Waals surface area contributed by atoms with Crippen molar-refractivity contribution in [3.8, 4) is 0 Å². The zero-order chi connectivity index (χ0) is 21.8. The molecule has 1 aromatic carbocycles. The summed E-state index contributed by atoms with van der Waals surface area (Å²) < 4.78 is 21.8. The molecule has 0 saturated carbocycles. The summed E-state index contributed by atoms with van der Waals surface area (Å²) in [7, 11) is 0. The Morgan fingerprint density at radius 2 is 1.08 bits per heavy atom. The molecule has 3 rings (SSSR count). The van der Waals surface area contributed by atoms with E-state index in [1.165, 1.54) is 0 Å². The van der Waals surface area contributed by atoms with E-state index in [2.05, 4.69) is 0 Å². The van der Waals surface area contributed by atoms with Crippen molar-refractivity contribution in [2.45, 2.75) is 68.0 Å². The number of aliphatic hydroxyl groups is 7. The number of rotatable bonds is 7. The molecule has 2 fully saturated rings. The van der Waals surface area contributed by atoms with Gasteiger partial charge in [-0.3, -0.25) is 0 Å². The van der Waals surface area contributed by atoms with Crippen LogP contribution in [0.3, 0.4) is 0 Å². The van der Waals surface area contributed by atoms with Crippen LogP contribution in [0.25, 0.3) is 0 Å². The van der Waals surface area contributed by atoms with Gasteiger partial charge in [-0.05, 0) is 5.56 Å². The molecule has 10 atom stereocenters. The van der Waals surface area contributed by atoms with Gasteiger partial charge in [0.1, 0.15) is 48.8 Å². The van der Waals surface area contributed by atoms with Gasteiger partial charge in [-0.1, -0.05) is 30.3 Å². The van der Waals surface area contributed by atoms with Crippen LogP contribution in [-0.2, 0) is 25.6 Å². The van der Waals surface area contributed by atoms with Crippen LogP contribution in [0.2, 0.25) is 0 Å². The molecule has 18 heteroatoms. The van der Waals surface area contributed by atoms with Gasteiger partial charge in [0.15, 0.2) is 12.6 Å². The third kappa shape index (κ3) is 16.9. The van der Waals surface area contributed by atoms with Crippen LogP contribution >= 0.6 is 0 Å². The fourth-order valence-corrected chi connectivity index (χ4v) is 3.45. The largest absolute Gasteiger partial charge is 0.394 e. The Kier molecular flexibility index (Phi) is 44.5. The molecule has 0 aromatic heterocycles. The number of benzene rings is 1. The van der Waals surface area contributed by atoms with Crippen molar-refractivity contribution in [1.29, 1.82) is 0 Å². The Labute approximate surface area is 467 Å². The molecule has 2 heterocycles. The summed E-state index contributed by atoms with van der Waals surface area (Å²) in [6.45, 7) is -1.18. The van der Waals surface area contributed by atoms with Crippen molar-refractivity contribution in [2.24, 2.45) is 0 Å². The van der Waals surface area contributed by atoms with Gasteiger partial charge in [0.25, 0.3) is 0 Å². The van der Waals surface area contributed by atoms with Crippen LogP contribution in [0.1, 0.15) is 5.56 Å². The summed E-state index contributed by atoms with van der Waals surface area (Å²) in [6.07, 6.45) is -14.7. The van der Waals surface area contributed by atoms with E-state index >= 15 is 0 Å². The summed E-state index contributed by atoms with van der Waals surface area (Å²) in [5, 5.41) is 69.7. The van der Waals surface area contributed by atoms with E-state index in [0.29, 0.717) is 0 Å². The number of hydrogen-bond acceptors (Lipinski definition) is 11. The van der Waals surface area contributed by atoms with Gasteiger partial charge in [-0.15, -0.1) is 0 Å². The molecule has 10 unspecified atom stereocenters. The van der Waals surface area contributed by atoms with Crippen LogP contribution in [-0.4, -0.2) is 110 Å². The Balaban J connectivity index is -0.000000488. The molecule has 7 radical (unpaired) electrons. The third-order valence-corrected chi connectivity index (χ3v) is 5.22. The molecule has 0 aliphatic carbocycles. The summed E-state index contributed by atoms with van der Waals surface area (Å²) in [5.41, 5.74) is 0.808. The average molecular weight is 2020 g/mol. The van der Waals surface area contributed by atoms with Crippen molar-refractivity contribution in [2.75, 3.05) is 13.2 Å². The molecule has 37 heavy (non-hydrogen) atoms. The summed E-state index contributed by atoms with van der Waals surface area (Å²) in [6, 6.07) is 9.07. The average Bonchev–Trinajstić information content (AvgIpc) is 2.77. The first-order valence-electron chi connectivity index (χ1n) is 9.61. The van der Waals surface area contributed by atoms with E-state index in [1.807, 2.05) is 18.2 Å². The summed E-state index contributed by atoms with van der Waals surface area (Å²) in [5.74, 6) is 0. The van der Waals surface area contributed by atoms with Crippen LogP contribution in [0.15, 0.2) is 30.3 Å². The molecule has 2 saturated heterocycles. The van der Waals surface area contributed by atoms with Gasteiger partial charge in [-0.2, -0.15) is 0 Å². The number of hydrogen-bond donors (Lipinski definition) is 7. The van der Waals surface area contributed by atoms with E-state index in [0.717, 1.165) is 5.56 Å². The van der Waals surface area contributed by atoms with Gasteiger partial charge < -0.3 is 54.7 Å². The van der Waals surface area contributed by atoms with E-state index in [-0.39, 0.29) is 315 Å². The predicted molar refractivity (Wildman–Crippen MR) is 97.6 cm³/mol. The smallest absolute Gasteiger partial charge is 0.187 e. The SMILES string of the molecule is OCC1OC(OC2C(CO)OC(OCc3ccccc3)C(O)C2O)C(O)C(O)C1O.[Ac].[Ac].[Ac].[Ac].[Ac].[Ac].[Ac]. The van der Waals surface area contributed by atoms with Gasteiger partial charge in [0.05, 0.1) is 19.8 Å². The first kappa shape index (κ1) is 55.3.